The van der Waals surface area contributed by atoms with E-state index in [1.807, 2.05) is 38.1 Å². The first-order valence-corrected chi connectivity index (χ1v) is 9.46. The number of fused-ring (bicyclic) bond motifs is 1. The van der Waals surface area contributed by atoms with Crippen LogP contribution >= 0.6 is 0 Å². The second-order valence-electron chi connectivity index (χ2n) is 7.40. The van der Waals surface area contributed by atoms with Gasteiger partial charge in [0.15, 0.2) is 0 Å². The van der Waals surface area contributed by atoms with Crippen molar-refractivity contribution < 1.29 is 9.53 Å². The quantitative estimate of drug-likeness (QED) is 0.566. The number of hydrogen-bond acceptors (Lipinski definition) is 3. The topological polar surface area (TPSA) is 50.4 Å². The fraction of sp³-hybridized carbons (Fsp3) is 0.409. The van der Waals surface area contributed by atoms with E-state index in [-0.39, 0.29) is 11.4 Å². The van der Waals surface area contributed by atoms with Gasteiger partial charge in [0.05, 0.1) is 12.1 Å². The molecule has 138 valence electrons. The molecule has 0 atom stereocenters. The monoisotopic (exact) mass is 352 g/mol. The van der Waals surface area contributed by atoms with Crippen LogP contribution in [0, 0.1) is 0 Å². The summed E-state index contributed by atoms with van der Waals surface area (Å²) in [6, 6.07) is 12.3. The minimum absolute atomic E-state index is 0.0703. The largest absolute Gasteiger partial charge is 0.494 e. The fourth-order valence-electron chi connectivity index (χ4n) is 3.25. The molecule has 4 nitrogen and oxygen atoms in total. The Bertz CT molecular complexity index is 824. The molecule has 2 aromatic carbocycles. The molecule has 0 aliphatic carbocycles. The molecule has 0 spiro atoms. The third kappa shape index (κ3) is 4.07. The molecular formula is C22H28N2O2. The summed E-state index contributed by atoms with van der Waals surface area (Å²) in [5.41, 5.74) is 7.11. The van der Waals surface area contributed by atoms with E-state index in [0.29, 0.717) is 0 Å². The van der Waals surface area contributed by atoms with Crippen molar-refractivity contribution in [2.75, 3.05) is 6.61 Å². The zero-order valence-electron chi connectivity index (χ0n) is 15.9. The Balaban J connectivity index is 1.82. The summed E-state index contributed by atoms with van der Waals surface area (Å²) in [4.78, 5) is 12.1. The molecule has 0 saturated carbocycles. The van der Waals surface area contributed by atoms with E-state index in [4.69, 9.17) is 4.74 Å². The predicted octanol–water partition coefficient (Wildman–Crippen LogP) is 4.60. The Morgan fingerprint density at radius 2 is 1.96 bits per heavy atom. The SMILES string of the molecule is CCCCCCOc1ccc2c(/C=C3\C(=O)NNC3(C)C)cccc2c1. The molecule has 1 saturated heterocycles. The van der Waals surface area contributed by atoms with Gasteiger partial charge in [0.2, 0.25) is 0 Å². The number of carbonyl (C=O) groups excluding carboxylic acids is 1. The van der Waals surface area contributed by atoms with Gasteiger partial charge in [0.25, 0.3) is 5.91 Å². The lowest BCUT2D eigenvalue weighted by molar-refractivity contribution is -0.116. The van der Waals surface area contributed by atoms with Crippen LogP contribution in [0.2, 0.25) is 0 Å². The highest BCUT2D eigenvalue weighted by Gasteiger charge is 2.34. The van der Waals surface area contributed by atoms with Crippen LogP contribution in [0.5, 0.6) is 5.75 Å². The van der Waals surface area contributed by atoms with E-state index in [1.165, 1.54) is 19.3 Å². The predicted molar refractivity (Wildman–Crippen MR) is 107 cm³/mol. The Morgan fingerprint density at radius 1 is 1.12 bits per heavy atom. The van der Waals surface area contributed by atoms with Gasteiger partial charge in [-0.1, -0.05) is 50.5 Å². The van der Waals surface area contributed by atoms with Crippen molar-refractivity contribution in [1.82, 2.24) is 10.9 Å². The molecule has 1 amide bonds. The van der Waals surface area contributed by atoms with Gasteiger partial charge in [0.1, 0.15) is 5.75 Å². The van der Waals surface area contributed by atoms with Crippen molar-refractivity contribution >= 4 is 22.8 Å². The lowest BCUT2D eigenvalue weighted by Crippen LogP contribution is -2.38. The summed E-state index contributed by atoms with van der Waals surface area (Å²) in [6.45, 7) is 6.96. The molecule has 1 fully saturated rings. The van der Waals surface area contributed by atoms with Gasteiger partial charge in [-0.15, -0.1) is 0 Å². The molecule has 2 aromatic rings. The Hall–Kier alpha value is -2.33. The summed E-state index contributed by atoms with van der Waals surface area (Å²) in [5, 5.41) is 2.24. The van der Waals surface area contributed by atoms with Gasteiger partial charge in [-0.25, -0.2) is 5.43 Å². The summed E-state index contributed by atoms with van der Waals surface area (Å²) < 4.78 is 5.89. The number of carbonyl (C=O) groups is 1. The van der Waals surface area contributed by atoms with E-state index in [1.54, 1.807) is 0 Å². The molecule has 0 aromatic heterocycles. The van der Waals surface area contributed by atoms with E-state index >= 15 is 0 Å². The number of amides is 1. The molecule has 0 radical (unpaired) electrons. The van der Waals surface area contributed by atoms with Crippen molar-refractivity contribution in [1.29, 1.82) is 0 Å². The molecule has 1 heterocycles. The van der Waals surface area contributed by atoms with Crippen molar-refractivity contribution in [3.05, 3.63) is 47.5 Å². The fourth-order valence-corrected chi connectivity index (χ4v) is 3.25. The maximum Gasteiger partial charge on any atom is 0.263 e. The molecule has 2 N–H and O–H groups in total. The summed E-state index contributed by atoms with van der Waals surface area (Å²) >= 11 is 0. The highest BCUT2D eigenvalue weighted by atomic mass is 16.5. The lowest BCUT2D eigenvalue weighted by Gasteiger charge is -2.17. The smallest absolute Gasteiger partial charge is 0.263 e. The summed E-state index contributed by atoms with van der Waals surface area (Å²) in [5.74, 6) is 0.832. The van der Waals surface area contributed by atoms with E-state index in [2.05, 4.69) is 36.0 Å². The average molecular weight is 352 g/mol. The van der Waals surface area contributed by atoms with Crippen LogP contribution in [0.4, 0.5) is 0 Å². The molecule has 0 unspecified atom stereocenters. The lowest BCUT2D eigenvalue weighted by atomic mass is 9.92. The third-order valence-electron chi connectivity index (χ3n) is 4.86. The first kappa shape index (κ1) is 18.5. The first-order valence-electron chi connectivity index (χ1n) is 9.46. The van der Waals surface area contributed by atoms with Crippen LogP contribution in [0.3, 0.4) is 0 Å². The van der Waals surface area contributed by atoms with Crippen LogP contribution in [0.25, 0.3) is 16.8 Å². The Morgan fingerprint density at radius 3 is 2.69 bits per heavy atom. The van der Waals surface area contributed by atoms with Crippen LogP contribution in [0.1, 0.15) is 52.0 Å². The Labute approximate surface area is 155 Å². The summed E-state index contributed by atoms with van der Waals surface area (Å²) in [6.07, 6.45) is 6.78. The zero-order valence-corrected chi connectivity index (χ0v) is 15.9. The molecular weight excluding hydrogens is 324 g/mol. The number of hydrogen-bond donors (Lipinski definition) is 2. The number of ether oxygens (including phenoxy) is 1. The highest BCUT2D eigenvalue weighted by molar-refractivity contribution is 6.04. The number of benzene rings is 2. The molecule has 4 heteroatoms. The second kappa shape index (κ2) is 7.92. The van der Waals surface area contributed by atoms with Crippen LogP contribution in [0.15, 0.2) is 42.0 Å². The minimum Gasteiger partial charge on any atom is -0.494 e. The maximum atomic E-state index is 12.1. The van der Waals surface area contributed by atoms with E-state index in [9.17, 15) is 4.79 Å². The summed E-state index contributed by atoms with van der Waals surface area (Å²) in [7, 11) is 0. The van der Waals surface area contributed by atoms with Gasteiger partial charge < -0.3 is 4.74 Å². The number of hydrazine groups is 1. The van der Waals surface area contributed by atoms with Crippen molar-refractivity contribution in [3.8, 4) is 5.75 Å². The number of unbranched alkanes of at least 4 members (excludes halogenated alkanes) is 3. The molecule has 0 bridgehead atoms. The van der Waals surface area contributed by atoms with E-state index < -0.39 is 0 Å². The van der Waals surface area contributed by atoms with Crippen LogP contribution in [-0.4, -0.2) is 18.1 Å². The van der Waals surface area contributed by atoms with Crippen LogP contribution < -0.4 is 15.6 Å². The number of nitrogens with one attached hydrogen (secondary N) is 2. The number of rotatable bonds is 7. The molecule has 3 rings (SSSR count). The van der Waals surface area contributed by atoms with Gasteiger partial charge in [-0.2, -0.15) is 0 Å². The van der Waals surface area contributed by atoms with Gasteiger partial charge in [0, 0.05) is 5.57 Å². The van der Waals surface area contributed by atoms with Crippen molar-refractivity contribution in [2.24, 2.45) is 0 Å². The average Bonchev–Trinajstić information content (AvgIpc) is 2.88. The molecule has 26 heavy (non-hydrogen) atoms. The first-order chi connectivity index (χ1) is 12.5. The maximum absolute atomic E-state index is 12.1. The zero-order chi connectivity index (χ0) is 18.6. The normalized spacial score (nSPS) is 17.7. The molecule has 1 aliphatic heterocycles. The van der Waals surface area contributed by atoms with Crippen molar-refractivity contribution in [2.45, 2.75) is 52.0 Å². The standard InChI is InChI=1S/C22H28N2O2/c1-4-5-6-7-13-26-18-11-12-19-16(14-18)9-8-10-17(19)15-20-21(25)23-24-22(20,2)3/h8-12,14-15,24H,4-7,13H2,1-3H3,(H,23,25)/b20-15+. The van der Waals surface area contributed by atoms with E-state index in [0.717, 1.165) is 40.7 Å². The highest BCUT2D eigenvalue weighted by Crippen LogP contribution is 2.28. The van der Waals surface area contributed by atoms with Crippen LogP contribution in [-0.2, 0) is 4.79 Å². The third-order valence-corrected chi connectivity index (χ3v) is 4.86. The second-order valence-corrected chi connectivity index (χ2v) is 7.40. The molecule has 1 aliphatic rings. The minimum atomic E-state index is -0.388. The van der Waals surface area contributed by atoms with Gasteiger partial charge >= 0.3 is 0 Å². The van der Waals surface area contributed by atoms with Crippen molar-refractivity contribution in [3.63, 3.8) is 0 Å². The van der Waals surface area contributed by atoms with Gasteiger partial charge in [-0.05, 0) is 54.8 Å². The van der Waals surface area contributed by atoms with Gasteiger partial charge in [-0.3, -0.25) is 10.2 Å². The Kier molecular flexibility index (Phi) is 5.62.